The summed E-state index contributed by atoms with van der Waals surface area (Å²) in [4.78, 5) is 16.1. The fourth-order valence-electron chi connectivity index (χ4n) is 2.30. The van der Waals surface area contributed by atoms with Gasteiger partial charge in [-0.3, -0.25) is 4.79 Å². The maximum atomic E-state index is 13.2. The normalized spacial score (nSPS) is 11.1. The molecule has 3 rings (SSSR count). The zero-order valence-corrected chi connectivity index (χ0v) is 13.7. The second kappa shape index (κ2) is 7.45. The van der Waals surface area contributed by atoms with Gasteiger partial charge in [-0.25, -0.2) is 9.37 Å². The highest BCUT2D eigenvalue weighted by Crippen LogP contribution is 2.30. The Morgan fingerprint density at radius 3 is 2.30 bits per heavy atom. The number of pyridine rings is 1. The summed E-state index contributed by atoms with van der Waals surface area (Å²) in [6, 6.07) is 13.1. The van der Waals surface area contributed by atoms with Gasteiger partial charge in [0.05, 0.1) is 17.4 Å². The van der Waals surface area contributed by atoms with E-state index in [4.69, 9.17) is 0 Å². The molecule has 0 radical (unpaired) electrons. The first-order valence-electron chi connectivity index (χ1n) is 7.78. The van der Waals surface area contributed by atoms with E-state index >= 15 is 0 Å². The Kier molecular flexibility index (Phi) is 5.07. The van der Waals surface area contributed by atoms with E-state index in [1.807, 2.05) is 0 Å². The molecule has 2 aromatic carbocycles. The Morgan fingerprint density at radius 1 is 0.889 bits per heavy atom. The molecular weight excluding hydrogens is 362 g/mol. The number of anilines is 3. The molecule has 0 atom stereocenters. The number of rotatable bonds is 4. The minimum Gasteiger partial charge on any atom is -0.354 e. The summed E-state index contributed by atoms with van der Waals surface area (Å²) in [6.07, 6.45) is -3.13. The van der Waals surface area contributed by atoms with E-state index in [1.165, 1.54) is 36.5 Å². The number of halogens is 4. The third kappa shape index (κ3) is 4.81. The molecule has 0 aliphatic heterocycles. The van der Waals surface area contributed by atoms with Gasteiger partial charge in [-0.15, -0.1) is 0 Å². The average molecular weight is 375 g/mol. The number of alkyl halides is 3. The summed E-state index contributed by atoms with van der Waals surface area (Å²) >= 11 is 0. The largest absolute Gasteiger partial charge is 0.416 e. The zero-order chi connectivity index (χ0) is 19.4. The third-order valence-electron chi connectivity index (χ3n) is 3.56. The summed E-state index contributed by atoms with van der Waals surface area (Å²) in [5.74, 6) is -1.04. The van der Waals surface area contributed by atoms with Crippen LogP contribution in [0.2, 0.25) is 0 Å². The first kappa shape index (κ1) is 18.4. The summed E-state index contributed by atoms with van der Waals surface area (Å²) in [6.45, 7) is 0. The van der Waals surface area contributed by atoms with E-state index in [0.717, 1.165) is 12.1 Å². The summed E-state index contributed by atoms with van der Waals surface area (Å²) < 4.78 is 51.3. The van der Waals surface area contributed by atoms with E-state index in [9.17, 15) is 22.4 Å². The van der Waals surface area contributed by atoms with Gasteiger partial charge in [-0.1, -0.05) is 12.1 Å². The minimum atomic E-state index is -4.50. The van der Waals surface area contributed by atoms with Crippen LogP contribution in [0, 0.1) is 5.82 Å². The number of nitrogens with zero attached hydrogens (tertiary/aromatic N) is 1. The van der Waals surface area contributed by atoms with E-state index < -0.39 is 23.5 Å². The second-order valence-corrected chi connectivity index (χ2v) is 5.60. The quantitative estimate of drug-likeness (QED) is 0.614. The van der Waals surface area contributed by atoms with Crippen molar-refractivity contribution in [2.45, 2.75) is 6.18 Å². The van der Waals surface area contributed by atoms with Gasteiger partial charge in [0.1, 0.15) is 11.5 Å². The van der Waals surface area contributed by atoms with Gasteiger partial charge in [0, 0.05) is 11.4 Å². The van der Waals surface area contributed by atoms with Crippen molar-refractivity contribution in [2.75, 3.05) is 10.6 Å². The van der Waals surface area contributed by atoms with Crippen LogP contribution in [0.4, 0.5) is 34.6 Å². The minimum absolute atomic E-state index is 0.0126. The highest BCUT2D eigenvalue weighted by atomic mass is 19.4. The molecule has 0 spiro atoms. The van der Waals surface area contributed by atoms with Gasteiger partial charge in [0.2, 0.25) is 0 Å². The monoisotopic (exact) mass is 375 g/mol. The maximum absolute atomic E-state index is 13.2. The molecular formula is C19H13F4N3O. The molecule has 1 heterocycles. The van der Waals surface area contributed by atoms with Crippen LogP contribution >= 0.6 is 0 Å². The van der Waals surface area contributed by atoms with Gasteiger partial charge in [0.25, 0.3) is 5.91 Å². The lowest BCUT2D eigenvalue weighted by Gasteiger charge is -2.10. The number of carbonyl (C=O) groups excluding carboxylic acids is 1. The van der Waals surface area contributed by atoms with E-state index in [-0.39, 0.29) is 11.4 Å². The smallest absolute Gasteiger partial charge is 0.354 e. The molecule has 3 aromatic rings. The number of benzene rings is 2. The average Bonchev–Trinajstić information content (AvgIpc) is 2.62. The lowest BCUT2D eigenvalue weighted by molar-refractivity contribution is -0.137. The molecule has 1 amide bonds. The first-order chi connectivity index (χ1) is 12.8. The van der Waals surface area contributed by atoms with E-state index in [0.29, 0.717) is 11.4 Å². The molecule has 4 nitrogen and oxygen atoms in total. The first-order valence-corrected chi connectivity index (χ1v) is 7.78. The summed E-state index contributed by atoms with van der Waals surface area (Å²) in [5.41, 5.74) is 0.216. The molecule has 27 heavy (non-hydrogen) atoms. The molecule has 0 saturated carbocycles. The number of carbonyl (C=O) groups is 1. The van der Waals surface area contributed by atoms with Crippen molar-refractivity contribution in [1.29, 1.82) is 0 Å². The molecule has 2 N–H and O–H groups in total. The molecule has 0 bridgehead atoms. The van der Waals surface area contributed by atoms with Crippen LogP contribution in [-0.2, 0) is 6.18 Å². The van der Waals surface area contributed by atoms with Crippen molar-refractivity contribution in [3.63, 3.8) is 0 Å². The van der Waals surface area contributed by atoms with Crippen molar-refractivity contribution in [2.24, 2.45) is 0 Å². The van der Waals surface area contributed by atoms with Crippen LogP contribution in [0.3, 0.4) is 0 Å². The molecule has 0 saturated heterocycles. The highest BCUT2D eigenvalue weighted by molar-refractivity contribution is 6.03. The summed E-state index contributed by atoms with van der Waals surface area (Å²) in [5, 5.41) is 5.30. The van der Waals surface area contributed by atoms with E-state index in [1.54, 1.807) is 18.2 Å². The Hall–Kier alpha value is -3.42. The number of hydrogen-bond acceptors (Lipinski definition) is 3. The molecule has 8 heteroatoms. The molecule has 0 fully saturated rings. The second-order valence-electron chi connectivity index (χ2n) is 5.60. The van der Waals surface area contributed by atoms with Crippen LogP contribution < -0.4 is 10.6 Å². The molecule has 0 unspecified atom stereocenters. The Morgan fingerprint density at radius 2 is 1.63 bits per heavy atom. The van der Waals surface area contributed by atoms with Crippen LogP contribution in [0.15, 0.2) is 66.9 Å². The third-order valence-corrected chi connectivity index (χ3v) is 3.56. The lowest BCUT2D eigenvalue weighted by atomic mass is 10.2. The highest BCUT2D eigenvalue weighted by Gasteiger charge is 2.30. The molecule has 0 aliphatic rings. The lowest BCUT2D eigenvalue weighted by Crippen LogP contribution is -2.14. The number of nitrogens with one attached hydrogen (secondary N) is 2. The Labute approximate surface area is 151 Å². The zero-order valence-electron chi connectivity index (χ0n) is 13.7. The molecule has 0 aliphatic carbocycles. The number of aromatic nitrogens is 1. The number of hydrogen-bond donors (Lipinski definition) is 2. The van der Waals surface area contributed by atoms with Crippen molar-refractivity contribution < 1.29 is 22.4 Å². The molecule has 1 aromatic heterocycles. The van der Waals surface area contributed by atoms with Crippen LogP contribution in [0.5, 0.6) is 0 Å². The predicted molar refractivity (Wildman–Crippen MR) is 93.3 cm³/mol. The Balaban J connectivity index is 1.69. The van der Waals surface area contributed by atoms with Crippen LogP contribution in [0.25, 0.3) is 0 Å². The topological polar surface area (TPSA) is 54.0 Å². The van der Waals surface area contributed by atoms with Crippen molar-refractivity contribution in [3.8, 4) is 0 Å². The van der Waals surface area contributed by atoms with Crippen molar-refractivity contribution >= 4 is 23.0 Å². The predicted octanol–water partition coefficient (Wildman–Crippen LogP) is 5.24. The fraction of sp³-hybridized carbons (Fsp3) is 0.0526. The van der Waals surface area contributed by atoms with Gasteiger partial charge in [0.15, 0.2) is 0 Å². The van der Waals surface area contributed by atoms with Crippen LogP contribution in [0.1, 0.15) is 16.1 Å². The van der Waals surface area contributed by atoms with Gasteiger partial charge in [-0.05, 0) is 48.5 Å². The van der Waals surface area contributed by atoms with Gasteiger partial charge >= 0.3 is 6.18 Å². The van der Waals surface area contributed by atoms with Gasteiger partial charge in [-0.2, -0.15) is 13.2 Å². The van der Waals surface area contributed by atoms with Crippen molar-refractivity contribution in [1.82, 2.24) is 4.98 Å². The summed E-state index contributed by atoms with van der Waals surface area (Å²) in [7, 11) is 0. The van der Waals surface area contributed by atoms with Crippen molar-refractivity contribution in [3.05, 3.63) is 83.9 Å². The Bertz CT molecular complexity index is 956. The SMILES string of the molecule is O=C(Nc1cccc(C(F)(F)F)c1)c1ccc(Nc2cccc(F)c2)cn1. The van der Waals surface area contributed by atoms with E-state index in [2.05, 4.69) is 15.6 Å². The van der Waals surface area contributed by atoms with Crippen LogP contribution in [-0.4, -0.2) is 10.9 Å². The number of amides is 1. The fourth-order valence-corrected chi connectivity index (χ4v) is 2.30. The van der Waals surface area contributed by atoms with Gasteiger partial charge < -0.3 is 10.6 Å². The maximum Gasteiger partial charge on any atom is 0.416 e. The standard InChI is InChI=1S/C19H13F4N3O/c20-13-4-2-6-15(10-13)25-16-7-8-17(24-11-16)18(27)26-14-5-1-3-12(9-14)19(21,22)23/h1-11,25H,(H,26,27). The molecule has 138 valence electrons.